The normalized spacial score (nSPS) is 22.8. The lowest BCUT2D eigenvalue weighted by molar-refractivity contribution is -0.242. The van der Waals surface area contributed by atoms with Crippen molar-refractivity contribution >= 4 is 7.82 Å². The third kappa shape index (κ3) is 5.91. The number of halogens is 4. The summed E-state index contributed by atoms with van der Waals surface area (Å²) in [6.07, 6.45) is -13.6. The van der Waals surface area contributed by atoms with Crippen molar-refractivity contribution in [2.45, 2.75) is 43.7 Å². The average molecular weight is 484 g/mol. The maximum Gasteiger partial charge on any atom is 0.470 e. The van der Waals surface area contributed by atoms with E-state index >= 15 is 0 Å². The molecule has 1 fully saturated rings. The van der Waals surface area contributed by atoms with Crippen LogP contribution in [0.5, 0.6) is 0 Å². The quantitative estimate of drug-likeness (QED) is 0.398. The SMILES string of the molecule is O=c1[nH]c(=O)n([C@H]2C[C@H](OCc3ccccc3)[C@@H](C(OP(=O)(O)O)C(F)(F)F)O2)cc1F. The van der Waals surface area contributed by atoms with E-state index in [1.54, 1.807) is 35.3 Å². The second-order valence-corrected chi connectivity index (χ2v) is 8.02. The highest BCUT2D eigenvalue weighted by atomic mass is 31.2. The molecule has 2 aromatic rings. The van der Waals surface area contributed by atoms with Gasteiger partial charge in [-0.15, -0.1) is 0 Å². The van der Waals surface area contributed by atoms with Crippen LogP contribution in [0.25, 0.3) is 0 Å². The Kier molecular flexibility index (Phi) is 7.03. The first-order chi connectivity index (χ1) is 14.8. The molecule has 0 aliphatic carbocycles. The maximum atomic E-state index is 13.6. The van der Waals surface area contributed by atoms with E-state index in [2.05, 4.69) is 4.52 Å². The fourth-order valence-corrected chi connectivity index (χ4v) is 3.71. The van der Waals surface area contributed by atoms with Gasteiger partial charge in [0.2, 0.25) is 5.82 Å². The van der Waals surface area contributed by atoms with Gasteiger partial charge in [0.25, 0.3) is 5.56 Å². The fourth-order valence-electron chi connectivity index (χ4n) is 3.17. The minimum Gasteiger partial charge on any atom is -0.371 e. The van der Waals surface area contributed by atoms with Crippen LogP contribution in [-0.2, 0) is 25.2 Å². The lowest BCUT2D eigenvalue weighted by Crippen LogP contribution is -2.46. The Bertz CT molecular complexity index is 1100. The summed E-state index contributed by atoms with van der Waals surface area (Å²) in [4.78, 5) is 42.8. The average Bonchev–Trinajstić information content (AvgIpc) is 3.10. The molecule has 0 saturated carbocycles. The number of rotatable bonds is 7. The molecule has 0 amide bonds. The van der Waals surface area contributed by atoms with Gasteiger partial charge in [-0.1, -0.05) is 30.3 Å². The van der Waals surface area contributed by atoms with Gasteiger partial charge in [0.15, 0.2) is 6.10 Å². The molecule has 0 spiro atoms. The van der Waals surface area contributed by atoms with Gasteiger partial charge in [-0.05, 0) is 5.56 Å². The van der Waals surface area contributed by atoms with Crippen molar-refractivity contribution in [3.05, 3.63) is 68.7 Å². The van der Waals surface area contributed by atoms with Crippen molar-refractivity contribution < 1.29 is 45.9 Å². The van der Waals surface area contributed by atoms with Crippen molar-refractivity contribution in [1.82, 2.24) is 9.55 Å². The predicted octanol–water partition coefficient (Wildman–Crippen LogP) is 1.59. The molecule has 0 radical (unpaired) electrons. The van der Waals surface area contributed by atoms with Crippen LogP contribution in [0.4, 0.5) is 17.6 Å². The van der Waals surface area contributed by atoms with E-state index in [1.807, 2.05) is 0 Å². The van der Waals surface area contributed by atoms with Gasteiger partial charge in [0.05, 0.1) is 18.9 Å². The molecule has 15 heteroatoms. The van der Waals surface area contributed by atoms with Gasteiger partial charge in [0, 0.05) is 6.42 Å². The standard InChI is InChI=1S/C17H17F4N2O8P/c18-10-7-23(16(25)22-15(10)24)12-6-11(29-8-9-4-2-1-3-5-9)13(30-12)14(17(19,20)21)31-32(26,27)28/h1-5,7,11-14H,6,8H2,(H,22,24,25)(H2,26,27,28)/t11-,12+,13-,14?/m0/s1. The third-order valence-electron chi connectivity index (χ3n) is 4.53. The Morgan fingerprint density at radius 2 is 1.91 bits per heavy atom. The van der Waals surface area contributed by atoms with Gasteiger partial charge in [-0.2, -0.15) is 17.6 Å². The van der Waals surface area contributed by atoms with Crippen molar-refractivity contribution in [3.8, 4) is 0 Å². The molecule has 32 heavy (non-hydrogen) atoms. The van der Waals surface area contributed by atoms with E-state index < -0.39 is 62.0 Å². The monoisotopic (exact) mass is 484 g/mol. The maximum absolute atomic E-state index is 13.6. The number of alkyl halides is 3. The minimum absolute atomic E-state index is 0.201. The van der Waals surface area contributed by atoms with Gasteiger partial charge in [-0.25, -0.2) is 9.36 Å². The van der Waals surface area contributed by atoms with Gasteiger partial charge >= 0.3 is 19.7 Å². The number of benzene rings is 1. The molecule has 1 saturated heterocycles. The summed E-state index contributed by atoms with van der Waals surface area (Å²) in [6.45, 7) is -0.201. The Labute approximate surface area is 176 Å². The van der Waals surface area contributed by atoms with Crippen molar-refractivity contribution in [3.63, 3.8) is 0 Å². The van der Waals surface area contributed by atoms with Crippen LogP contribution in [-0.4, -0.2) is 43.8 Å². The second kappa shape index (κ2) is 9.25. The molecule has 1 unspecified atom stereocenters. The molecule has 4 atom stereocenters. The number of nitrogens with zero attached hydrogens (tertiary/aromatic N) is 1. The highest BCUT2D eigenvalue weighted by molar-refractivity contribution is 7.46. The number of aromatic nitrogens is 2. The van der Waals surface area contributed by atoms with Crippen LogP contribution in [0, 0.1) is 5.82 Å². The lowest BCUT2D eigenvalue weighted by Gasteiger charge is -2.29. The number of H-pyrrole nitrogens is 1. The van der Waals surface area contributed by atoms with E-state index in [-0.39, 0.29) is 6.61 Å². The summed E-state index contributed by atoms with van der Waals surface area (Å²) in [7, 11) is -5.62. The van der Waals surface area contributed by atoms with E-state index in [1.165, 1.54) is 0 Å². The number of hydrogen-bond donors (Lipinski definition) is 3. The Morgan fingerprint density at radius 3 is 2.50 bits per heavy atom. The summed E-state index contributed by atoms with van der Waals surface area (Å²) in [5, 5.41) is 0. The van der Waals surface area contributed by atoms with Crippen molar-refractivity contribution in [2.75, 3.05) is 0 Å². The number of phosphoric ester groups is 1. The lowest BCUT2D eigenvalue weighted by atomic mass is 10.1. The molecule has 1 aliphatic rings. The van der Waals surface area contributed by atoms with Gasteiger partial charge in [0.1, 0.15) is 12.3 Å². The topological polar surface area (TPSA) is 140 Å². The Balaban J connectivity index is 1.94. The number of phosphoric acid groups is 1. The van der Waals surface area contributed by atoms with Crippen LogP contribution >= 0.6 is 7.82 Å². The predicted molar refractivity (Wildman–Crippen MR) is 97.8 cm³/mol. The number of aromatic amines is 1. The van der Waals surface area contributed by atoms with Crippen molar-refractivity contribution in [1.29, 1.82) is 0 Å². The third-order valence-corrected chi connectivity index (χ3v) is 5.03. The number of hydrogen-bond acceptors (Lipinski definition) is 6. The van der Waals surface area contributed by atoms with Crippen LogP contribution in [0.2, 0.25) is 0 Å². The minimum atomic E-state index is -5.62. The molecule has 3 N–H and O–H groups in total. The number of ether oxygens (including phenoxy) is 2. The molecule has 0 bridgehead atoms. The first-order valence-corrected chi connectivity index (χ1v) is 10.5. The summed E-state index contributed by atoms with van der Waals surface area (Å²) in [6, 6.07) is 8.26. The Morgan fingerprint density at radius 1 is 1.25 bits per heavy atom. The van der Waals surface area contributed by atoms with Crippen LogP contribution < -0.4 is 11.2 Å². The summed E-state index contributed by atoms with van der Waals surface area (Å²) in [5.74, 6) is -1.39. The molecule has 3 rings (SSSR count). The summed E-state index contributed by atoms with van der Waals surface area (Å²) in [5.41, 5.74) is -1.93. The molecule has 2 heterocycles. The molecule has 10 nitrogen and oxygen atoms in total. The first-order valence-electron chi connectivity index (χ1n) is 8.98. The smallest absolute Gasteiger partial charge is 0.371 e. The molecule has 1 aliphatic heterocycles. The highest BCUT2D eigenvalue weighted by Crippen LogP contribution is 2.46. The fraction of sp³-hybridized carbons (Fsp3) is 0.412. The van der Waals surface area contributed by atoms with Gasteiger partial charge < -0.3 is 19.3 Å². The molecular formula is C17H17F4N2O8P. The van der Waals surface area contributed by atoms with Crippen LogP contribution in [0.15, 0.2) is 46.1 Å². The Hall–Kier alpha value is -2.35. The zero-order valence-corrected chi connectivity index (χ0v) is 16.8. The first kappa shape index (κ1) is 24.3. The zero-order chi connectivity index (χ0) is 23.7. The molecule has 1 aromatic heterocycles. The van der Waals surface area contributed by atoms with E-state index in [0.29, 0.717) is 16.3 Å². The second-order valence-electron chi connectivity index (χ2n) is 6.83. The summed E-state index contributed by atoms with van der Waals surface area (Å²) < 4.78 is 80.7. The molecule has 176 valence electrons. The van der Waals surface area contributed by atoms with Crippen LogP contribution in [0.1, 0.15) is 18.2 Å². The van der Waals surface area contributed by atoms with E-state index in [4.69, 9.17) is 19.3 Å². The molecule has 1 aromatic carbocycles. The van der Waals surface area contributed by atoms with E-state index in [0.717, 1.165) is 0 Å². The van der Waals surface area contributed by atoms with Crippen molar-refractivity contribution in [2.24, 2.45) is 0 Å². The van der Waals surface area contributed by atoms with Gasteiger partial charge in [-0.3, -0.25) is 18.9 Å². The van der Waals surface area contributed by atoms with Crippen LogP contribution in [0.3, 0.4) is 0 Å². The van der Waals surface area contributed by atoms with E-state index in [9.17, 15) is 31.7 Å². The zero-order valence-electron chi connectivity index (χ0n) is 15.9. The highest BCUT2D eigenvalue weighted by Gasteiger charge is 2.56. The summed E-state index contributed by atoms with van der Waals surface area (Å²) >= 11 is 0. The largest absolute Gasteiger partial charge is 0.470 e. The molecular weight excluding hydrogens is 467 g/mol. The number of nitrogens with one attached hydrogen (secondary N) is 1.